The average molecular weight is 224 g/mol. The Morgan fingerprint density at radius 3 is 2.94 bits per heavy atom. The standard InChI is InChI=1S/C11H20N4O/c1-16-8-10-7-15(6-5-13-14-12)9-11(10)3-2-4-11/h10H,2-9H2,1H3/t10-/m1/s1. The number of rotatable bonds is 5. The summed E-state index contributed by atoms with van der Waals surface area (Å²) in [5, 5.41) is 3.61. The molecule has 0 radical (unpaired) electrons. The monoisotopic (exact) mass is 224 g/mol. The van der Waals surface area contributed by atoms with Crippen molar-refractivity contribution >= 4 is 0 Å². The molecule has 90 valence electrons. The average Bonchev–Trinajstić information content (AvgIpc) is 2.58. The van der Waals surface area contributed by atoms with Crippen molar-refractivity contribution in [3.05, 3.63) is 10.4 Å². The molecule has 0 aromatic rings. The molecule has 2 fully saturated rings. The molecule has 1 saturated heterocycles. The smallest absolute Gasteiger partial charge is 0.0508 e. The molecule has 0 bridgehead atoms. The summed E-state index contributed by atoms with van der Waals surface area (Å²) in [5.74, 6) is 0.678. The molecule has 0 unspecified atom stereocenters. The van der Waals surface area contributed by atoms with Gasteiger partial charge < -0.3 is 9.64 Å². The molecule has 1 saturated carbocycles. The third-order valence-corrected chi connectivity index (χ3v) is 4.18. The maximum Gasteiger partial charge on any atom is 0.0508 e. The summed E-state index contributed by atoms with van der Waals surface area (Å²) in [5.41, 5.74) is 8.78. The van der Waals surface area contributed by atoms with Crippen LogP contribution in [0.1, 0.15) is 19.3 Å². The van der Waals surface area contributed by atoms with Crippen molar-refractivity contribution in [1.29, 1.82) is 0 Å². The summed E-state index contributed by atoms with van der Waals surface area (Å²) < 4.78 is 5.32. The minimum absolute atomic E-state index is 0.520. The van der Waals surface area contributed by atoms with Crippen molar-refractivity contribution in [2.24, 2.45) is 16.4 Å². The van der Waals surface area contributed by atoms with Gasteiger partial charge in [0.05, 0.1) is 6.61 Å². The third-order valence-electron chi connectivity index (χ3n) is 4.18. The summed E-state index contributed by atoms with van der Waals surface area (Å²) in [4.78, 5) is 5.22. The molecule has 2 rings (SSSR count). The van der Waals surface area contributed by atoms with E-state index in [0.29, 0.717) is 17.9 Å². The lowest BCUT2D eigenvalue weighted by atomic mass is 9.63. The Labute approximate surface area is 96.4 Å². The van der Waals surface area contributed by atoms with Gasteiger partial charge in [-0.1, -0.05) is 11.5 Å². The second-order valence-corrected chi connectivity index (χ2v) is 5.06. The molecule has 1 aliphatic carbocycles. The maximum atomic E-state index is 8.26. The second-order valence-electron chi connectivity index (χ2n) is 5.06. The van der Waals surface area contributed by atoms with E-state index in [-0.39, 0.29) is 0 Å². The van der Waals surface area contributed by atoms with Gasteiger partial charge >= 0.3 is 0 Å². The van der Waals surface area contributed by atoms with Gasteiger partial charge in [-0.2, -0.15) is 0 Å². The van der Waals surface area contributed by atoms with Crippen LogP contribution in [-0.2, 0) is 4.74 Å². The summed E-state index contributed by atoms with van der Waals surface area (Å²) in [6.45, 7) is 4.63. The topological polar surface area (TPSA) is 61.2 Å². The highest BCUT2D eigenvalue weighted by atomic mass is 16.5. The lowest BCUT2D eigenvalue weighted by molar-refractivity contribution is 0.0368. The van der Waals surface area contributed by atoms with E-state index in [1.807, 2.05) is 0 Å². The number of methoxy groups -OCH3 is 1. The minimum atomic E-state index is 0.520. The molecular formula is C11H20N4O. The molecule has 1 heterocycles. The van der Waals surface area contributed by atoms with Gasteiger partial charge in [0.1, 0.15) is 0 Å². The first-order chi connectivity index (χ1) is 7.80. The lowest BCUT2D eigenvalue weighted by Crippen LogP contribution is -2.39. The zero-order valence-electron chi connectivity index (χ0n) is 9.93. The Bertz CT molecular complexity index is 284. The third kappa shape index (κ3) is 2.17. The molecule has 1 atom stereocenters. The highest BCUT2D eigenvalue weighted by Crippen LogP contribution is 2.51. The van der Waals surface area contributed by atoms with E-state index in [1.165, 1.54) is 25.8 Å². The molecule has 1 aliphatic heterocycles. The molecule has 0 amide bonds. The van der Waals surface area contributed by atoms with Gasteiger partial charge in [-0.25, -0.2) is 0 Å². The Hall–Kier alpha value is -0.770. The van der Waals surface area contributed by atoms with Gasteiger partial charge in [0.15, 0.2) is 0 Å². The predicted molar refractivity (Wildman–Crippen MR) is 62.1 cm³/mol. The van der Waals surface area contributed by atoms with Crippen LogP contribution in [-0.4, -0.2) is 44.8 Å². The number of likely N-dealkylation sites (tertiary alicyclic amines) is 1. The van der Waals surface area contributed by atoms with E-state index < -0.39 is 0 Å². The fourth-order valence-corrected chi connectivity index (χ4v) is 3.17. The van der Waals surface area contributed by atoms with Crippen LogP contribution in [0.3, 0.4) is 0 Å². The SMILES string of the molecule is COC[C@H]1CN(CCN=[N+]=[N-])CC12CCC2. The molecule has 0 aromatic heterocycles. The first-order valence-electron chi connectivity index (χ1n) is 6.03. The second kappa shape index (κ2) is 5.04. The van der Waals surface area contributed by atoms with Crippen molar-refractivity contribution in [2.45, 2.75) is 19.3 Å². The van der Waals surface area contributed by atoms with Gasteiger partial charge in [0.25, 0.3) is 0 Å². The lowest BCUT2D eigenvalue weighted by Gasteiger charge is -2.42. The number of hydrogen-bond donors (Lipinski definition) is 0. The van der Waals surface area contributed by atoms with Gasteiger partial charge in [-0.05, 0) is 23.8 Å². The zero-order valence-corrected chi connectivity index (χ0v) is 9.93. The maximum absolute atomic E-state index is 8.26. The van der Waals surface area contributed by atoms with Crippen LogP contribution in [0.15, 0.2) is 5.11 Å². The Balaban J connectivity index is 1.87. The van der Waals surface area contributed by atoms with Gasteiger partial charge in [-0.15, -0.1) is 0 Å². The van der Waals surface area contributed by atoms with Crippen LogP contribution in [0, 0.1) is 11.3 Å². The van der Waals surface area contributed by atoms with Gasteiger partial charge in [-0.3, -0.25) is 0 Å². The van der Waals surface area contributed by atoms with Crippen LogP contribution in [0.2, 0.25) is 0 Å². The highest BCUT2D eigenvalue weighted by molar-refractivity contribution is 5.01. The van der Waals surface area contributed by atoms with Gasteiger partial charge in [0.2, 0.25) is 0 Å². The largest absolute Gasteiger partial charge is 0.384 e. The van der Waals surface area contributed by atoms with Crippen molar-refractivity contribution in [3.63, 3.8) is 0 Å². The van der Waals surface area contributed by atoms with E-state index >= 15 is 0 Å². The highest BCUT2D eigenvalue weighted by Gasteiger charge is 2.49. The van der Waals surface area contributed by atoms with E-state index in [4.69, 9.17) is 10.3 Å². The Morgan fingerprint density at radius 2 is 2.38 bits per heavy atom. The quantitative estimate of drug-likeness (QED) is 0.407. The molecule has 0 N–H and O–H groups in total. The van der Waals surface area contributed by atoms with Crippen LogP contribution in [0.25, 0.3) is 10.4 Å². The summed E-state index contributed by atoms with van der Waals surface area (Å²) in [6.07, 6.45) is 4.06. The molecule has 5 nitrogen and oxygen atoms in total. The number of ether oxygens (including phenoxy) is 1. The van der Waals surface area contributed by atoms with Gasteiger partial charge in [0, 0.05) is 44.1 Å². The molecule has 5 heteroatoms. The van der Waals surface area contributed by atoms with Crippen LogP contribution >= 0.6 is 0 Å². The molecule has 2 aliphatic rings. The van der Waals surface area contributed by atoms with Crippen molar-refractivity contribution in [3.8, 4) is 0 Å². The van der Waals surface area contributed by atoms with Crippen molar-refractivity contribution < 1.29 is 4.74 Å². The Morgan fingerprint density at radius 1 is 1.56 bits per heavy atom. The normalized spacial score (nSPS) is 27.7. The summed E-state index contributed by atoms with van der Waals surface area (Å²) in [7, 11) is 1.79. The van der Waals surface area contributed by atoms with E-state index in [9.17, 15) is 0 Å². The van der Waals surface area contributed by atoms with Crippen molar-refractivity contribution in [2.75, 3.05) is 39.9 Å². The number of nitrogens with zero attached hydrogens (tertiary/aromatic N) is 4. The van der Waals surface area contributed by atoms with E-state index in [2.05, 4.69) is 14.9 Å². The first-order valence-corrected chi connectivity index (χ1v) is 6.03. The van der Waals surface area contributed by atoms with Crippen LogP contribution in [0.4, 0.5) is 0 Å². The molecule has 16 heavy (non-hydrogen) atoms. The van der Waals surface area contributed by atoms with Crippen LogP contribution < -0.4 is 0 Å². The molecule has 1 spiro atoms. The summed E-state index contributed by atoms with van der Waals surface area (Å²) >= 11 is 0. The first kappa shape index (κ1) is 11.7. The fraction of sp³-hybridized carbons (Fsp3) is 1.00. The fourth-order valence-electron chi connectivity index (χ4n) is 3.17. The number of hydrogen-bond acceptors (Lipinski definition) is 3. The van der Waals surface area contributed by atoms with Crippen LogP contribution in [0.5, 0.6) is 0 Å². The number of azide groups is 1. The molecular weight excluding hydrogens is 204 g/mol. The van der Waals surface area contributed by atoms with E-state index in [1.54, 1.807) is 7.11 Å². The predicted octanol–water partition coefficient (Wildman–Crippen LogP) is 2.05. The van der Waals surface area contributed by atoms with E-state index in [0.717, 1.165) is 19.7 Å². The summed E-state index contributed by atoms with van der Waals surface area (Å²) in [6, 6.07) is 0. The molecule has 0 aromatic carbocycles. The minimum Gasteiger partial charge on any atom is -0.384 e. The van der Waals surface area contributed by atoms with Crippen molar-refractivity contribution in [1.82, 2.24) is 4.90 Å². The zero-order chi connectivity index (χ0) is 11.4. The Kier molecular flexibility index (Phi) is 3.69.